The molecular weight excluding hydrogens is 248 g/mol. The summed E-state index contributed by atoms with van der Waals surface area (Å²) in [6.45, 7) is 3.50. The number of carbonyl (C=O) groups is 1. The molecule has 20 heavy (non-hydrogen) atoms. The second-order valence-electron chi connectivity index (χ2n) is 6.76. The molecule has 1 saturated heterocycles. The van der Waals surface area contributed by atoms with Crippen LogP contribution in [-0.2, 0) is 4.79 Å². The molecule has 106 valence electrons. The van der Waals surface area contributed by atoms with Gasteiger partial charge < -0.3 is 10.2 Å². The molecule has 3 nitrogen and oxygen atoms in total. The third-order valence-electron chi connectivity index (χ3n) is 5.07. The van der Waals surface area contributed by atoms with Crippen LogP contribution in [0.2, 0.25) is 0 Å². The van der Waals surface area contributed by atoms with Crippen molar-refractivity contribution < 1.29 is 4.79 Å². The highest BCUT2D eigenvalue weighted by Crippen LogP contribution is 2.48. The lowest BCUT2D eigenvalue weighted by molar-refractivity contribution is -0.123. The van der Waals surface area contributed by atoms with Crippen molar-refractivity contribution >= 4 is 5.91 Å². The van der Waals surface area contributed by atoms with E-state index in [0.29, 0.717) is 5.92 Å². The Balaban J connectivity index is 1.33. The Kier molecular flexibility index (Phi) is 2.84. The first-order valence-corrected chi connectivity index (χ1v) is 7.85. The van der Waals surface area contributed by atoms with E-state index in [1.165, 1.54) is 25.1 Å². The highest BCUT2D eigenvalue weighted by atomic mass is 16.2. The molecule has 1 aromatic rings. The lowest BCUT2D eigenvalue weighted by atomic mass is 10.1. The van der Waals surface area contributed by atoms with E-state index in [2.05, 4.69) is 34.5 Å². The van der Waals surface area contributed by atoms with Crippen LogP contribution in [0.4, 0.5) is 0 Å². The molecule has 1 N–H and O–H groups in total. The van der Waals surface area contributed by atoms with E-state index in [9.17, 15) is 4.79 Å². The molecule has 1 amide bonds. The average molecular weight is 270 g/mol. The molecule has 0 unspecified atom stereocenters. The summed E-state index contributed by atoms with van der Waals surface area (Å²) >= 11 is 0. The first kappa shape index (κ1) is 12.4. The van der Waals surface area contributed by atoms with Crippen molar-refractivity contribution in [2.75, 3.05) is 19.6 Å². The monoisotopic (exact) mass is 270 g/mol. The van der Waals surface area contributed by atoms with Crippen LogP contribution in [0.25, 0.3) is 0 Å². The molecule has 3 fully saturated rings. The van der Waals surface area contributed by atoms with E-state index in [1.54, 1.807) is 0 Å². The van der Waals surface area contributed by atoms with Crippen molar-refractivity contribution in [2.24, 2.45) is 5.92 Å². The lowest BCUT2D eigenvalue weighted by Gasteiger charge is -2.34. The summed E-state index contributed by atoms with van der Waals surface area (Å²) in [5.74, 6) is 0.958. The summed E-state index contributed by atoms with van der Waals surface area (Å²) in [6.07, 6.45) is 4.67. The largest absolute Gasteiger partial charge is 0.349 e. The number of hydrogen-bond donors (Lipinski definition) is 1. The number of nitrogens with one attached hydrogen (secondary N) is 1. The van der Waals surface area contributed by atoms with Gasteiger partial charge in [0.05, 0.1) is 5.54 Å². The average Bonchev–Trinajstić information content (AvgIpc) is 3.31. The van der Waals surface area contributed by atoms with E-state index in [-0.39, 0.29) is 17.4 Å². The fourth-order valence-electron chi connectivity index (χ4n) is 3.35. The van der Waals surface area contributed by atoms with Crippen molar-refractivity contribution in [3.63, 3.8) is 0 Å². The van der Waals surface area contributed by atoms with Crippen LogP contribution in [0, 0.1) is 5.92 Å². The maximum absolute atomic E-state index is 12.4. The molecule has 1 heterocycles. The number of rotatable bonds is 5. The zero-order valence-electron chi connectivity index (χ0n) is 11.8. The molecule has 1 aliphatic heterocycles. The van der Waals surface area contributed by atoms with Gasteiger partial charge in [-0.25, -0.2) is 0 Å². The van der Waals surface area contributed by atoms with Crippen molar-refractivity contribution in [1.82, 2.24) is 10.2 Å². The van der Waals surface area contributed by atoms with Gasteiger partial charge >= 0.3 is 0 Å². The molecule has 2 saturated carbocycles. The fourth-order valence-corrected chi connectivity index (χ4v) is 3.35. The second-order valence-corrected chi connectivity index (χ2v) is 6.76. The van der Waals surface area contributed by atoms with Gasteiger partial charge in [0, 0.05) is 12.5 Å². The van der Waals surface area contributed by atoms with Gasteiger partial charge in [-0.2, -0.15) is 0 Å². The molecule has 0 spiro atoms. The predicted octanol–water partition coefficient (Wildman–Crippen LogP) is 2.14. The standard InChI is InChI=1S/C17H22N2O/c20-16(15-11-14(15)13-5-2-1-3-6-13)18-17(7-8-17)12-19-9-4-10-19/h1-3,5-6,14-15H,4,7-12H2,(H,18,20)/t14-,15+/m0/s1. The van der Waals surface area contributed by atoms with E-state index in [4.69, 9.17) is 0 Å². The Morgan fingerprint density at radius 1 is 1.25 bits per heavy atom. The Hall–Kier alpha value is -1.35. The van der Waals surface area contributed by atoms with E-state index in [0.717, 1.165) is 25.8 Å². The highest BCUT2D eigenvalue weighted by molar-refractivity contribution is 5.84. The fraction of sp³-hybridized carbons (Fsp3) is 0.588. The first-order valence-electron chi connectivity index (χ1n) is 7.85. The molecule has 0 radical (unpaired) electrons. The van der Waals surface area contributed by atoms with Gasteiger partial charge in [0.15, 0.2) is 0 Å². The summed E-state index contributed by atoms with van der Waals surface area (Å²) in [5.41, 5.74) is 1.45. The number of nitrogens with zero attached hydrogens (tertiary/aromatic N) is 1. The van der Waals surface area contributed by atoms with Crippen LogP contribution in [0.5, 0.6) is 0 Å². The van der Waals surface area contributed by atoms with Gasteiger partial charge in [-0.15, -0.1) is 0 Å². The summed E-state index contributed by atoms with van der Waals surface area (Å²) in [4.78, 5) is 14.9. The van der Waals surface area contributed by atoms with Crippen LogP contribution < -0.4 is 5.32 Å². The maximum Gasteiger partial charge on any atom is 0.224 e. The smallest absolute Gasteiger partial charge is 0.224 e. The molecule has 4 rings (SSSR count). The lowest BCUT2D eigenvalue weighted by Crippen LogP contribution is -2.50. The summed E-state index contributed by atoms with van der Waals surface area (Å²) in [5, 5.41) is 3.35. The number of likely N-dealkylation sites (tertiary alicyclic amines) is 1. The first-order chi connectivity index (χ1) is 9.76. The topological polar surface area (TPSA) is 32.3 Å². The van der Waals surface area contributed by atoms with Gasteiger partial charge in [0.25, 0.3) is 0 Å². The molecule has 1 aromatic carbocycles. The number of hydrogen-bond acceptors (Lipinski definition) is 2. The van der Waals surface area contributed by atoms with Crippen LogP contribution in [-0.4, -0.2) is 36.0 Å². The summed E-state index contributed by atoms with van der Waals surface area (Å²) in [6, 6.07) is 10.5. The number of carbonyl (C=O) groups excluding carboxylic acids is 1. The Bertz CT molecular complexity index is 505. The molecule has 0 aromatic heterocycles. The van der Waals surface area contributed by atoms with Crippen molar-refractivity contribution in [3.05, 3.63) is 35.9 Å². The molecule has 2 atom stereocenters. The molecule has 0 bridgehead atoms. The Morgan fingerprint density at radius 2 is 2.00 bits per heavy atom. The van der Waals surface area contributed by atoms with Gasteiger partial charge in [-0.3, -0.25) is 4.79 Å². The zero-order chi connectivity index (χ0) is 13.6. The summed E-state index contributed by atoms with van der Waals surface area (Å²) < 4.78 is 0. The Morgan fingerprint density at radius 3 is 2.60 bits per heavy atom. The number of benzene rings is 1. The normalized spacial score (nSPS) is 30.4. The van der Waals surface area contributed by atoms with E-state index < -0.39 is 0 Å². The third kappa shape index (κ3) is 2.35. The number of amides is 1. The SMILES string of the molecule is O=C(NC1(CN2CCC2)CC1)[C@@H]1C[C@H]1c1ccccc1. The molecule has 3 aliphatic rings. The maximum atomic E-state index is 12.4. The van der Waals surface area contributed by atoms with Crippen molar-refractivity contribution in [2.45, 2.75) is 37.1 Å². The van der Waals surface area contributed by atoms with Gasteiger partial charge in [-0.05, 0) is 50.3 Å². The highest BCUT2D eigenvalue weighted by Gasteiger charge is 2.50. The van der Waals surface area contributed by atoms with Crippen LogP contribution in [0.1, 0.15) is 37.2 Å². The summed E-state index contributed by atoms with van der Waals surface area (Å²) in [7, 11) is 0. The predicted molar refractivity (Wildman–Crippen MR) is 78.5 cm³/mol. The molecule has 3 heteroatoms. The minimum atomic E-state index is 0.126. The quantitative estimate of drug-likeness (QED) is 0.889. The van der Waals surface area contributed by atoms with Crippen LogP contribution >= 0.6 is 0 Å². The van der Waals surface area contributed by atoms with Gasteiger partial charge in [0.2, 0.25) is 5.91 Å². The minimum Gasteiger partial charge on any atom is -0.349 e. The van der Waals surface area contributed by atoms with Gasteiger partial charge in [-0.1, -0.05) is 30.3 Å². The van der Waals surface area contributed by atoms with Gasteiger partial charge in [0.1, 0.15) is 0 Å². The zero-order valence-corrected chi connectivity index (χ0v) is 11.8. The minimum absolute atomic E-state index is 0.126. The Labute approximate surface area is 120 Å². The third-order valence-corrected chi connectivity index (χ3v) is 5.07. The van der Waals surface area contributed by atoms with Crippen molar-refractivity contribution in [3.8, 4) is 0 Å². The van der Waals surface area contributed by atoms with E-state index >= 15 is 0 Å². The van der Waals surface area contributed by atoms with Crippen molar-refractivity contribution in [1.29, 1.82) is 0 Å². The molecular formula is C17H22N2O. The van der Waals surface area contributed by atoms with Crippen LogP contribution in [0.3, 0.4) is 0 Å². The molecule has 2 aliphatic carbocycles. The van der Waals surface area contributed by atoms with Crippen LogP contribution in [0.15, 0.2) is 30.3 Å². The van der Waals surface area contributed by atoms with E-state index in [1.807, 2.05) is 6.07 Å². The second kappa shape index (κ2) is 4.59.